The second-order valence-corrected chi connectivity index (χ2v) is 6.93. The first-order valence-corrected chi connectivity index (χ1v) is 9.17. The van der Waals surface area contributed by atoms with E-state index in [9.17, 15) is 5.11 Å². The summed E-state index contributed by atoms with van der Waals surface area (Å²) in [6.45, 7) is 10.4. The van der Waals surface area contributed by atoms with E-state index in [1.165, 1.54) is 4.88 Å². The molecule has 1 unspecified atom stereocenters. The van der Waals surface area contributed by atoms with Crippen molar-refractivity contribution >= 4 is 41.3 Å². The first-order valence-electron chi connectivity index (χ1n) is 8.30. The third kappa shape index (κ3) is 8.91. The summed E-state index contributed by atoms with van der Waals surface area (Å²) in [5, 5.41) is 19.1. The van der Waals surface area contributed by atoms with Gasteiger partial charge in [0.1, 0.15) is 0 Å². The van der Waals surface area contributed by atoms with Crippen LogP contribution in [-0.4, -0.2) is 36.3 Å². The summed E-state index contributed by atoms with van der Waals surface area (Å²) in [6, 6.07) is 4.28. The number of hydrogen-bond acceptors (Lipinski definition) is 3. The van der Waals surface area contributed by atoms with Crippen molar-refractivity contribution in [3.63, 3.8) is 0 Å². The van der Waals surface area contributed by atoms with Crippen LogP contribution in [0.25, 0.3) is 0 Å². The Labute approximate surface area is 162 Å². The molecule has 23 heavy (non-hydrogen) atoms. The van der Waals surface area contributed by atoms with Gasteiger partial charge in [0.15, 0.2) is 5.96 Å². The summed E-state index contributed by atoms with van der Waals surface area (Å²) in [6.07, 6.45) is 2.53. The number of rotatable bonds is 9. The molecule has 0 bridgehead atoms. The Morgan fingerprint density at radius 3 is 2.52 bits per heavy atom. The Hall–Kier alpha value is -0.340. The normalized spacial score (nSPS) is 13.3. The number of aliphatic imine (C=N–C) groups is 1. The highest BCUT2D eigenvalue weighted by molar-refractivity contribution is 14.0. The average molecular weight is 453 g/mol. The zero-order valence-corrected chi connectivity index (χ0v) is 17.9. The molecular weight excluding hydrogens is 421 g/mol. The van der Waals surface area contributed by atoms with Crippen molar-refractivity contribution < 1.29 is 5.11 Å². The third-order valence-electron chi connectivity index (χ3n) is 3.94. The Bertz CT molecular complexity index is 433. The maximum absolute atomic E-state index is 10.3. The number of guanidine groups is 1. The Kier molecular flexibility index (Phi) is 11.9. The number of nitrogens with zero attached hydrogens (tertiary/aromatic N) is 1. The van der Waals surface area contributed by atoms with Crippen molar-refractivity contribution in [1.29, 1.82) is 0 Å². The predicted octanol–water partition coefficient (Wildman–Crippen LogP) is 3.65. The standard InChI is InChI=1S/C17H31N3OS.HI/c1-5-17(21,6-2)13-20-16(18-7-3)19-12-14(4)11-15-9-8-10-22-15;/h8-10,14,21H,5-7,11-13H2,1-4H3,(H2,18,19,20);1H. The van der Waals surface area contributed by atoms with Crippen LogP contribution in [-0.2, 0) is 6.42 Å². The minimum absolute atomic E-state index is 0. The van der Waals surface area contributed by atoms with Crippen LogP contribution in [0.4, 0.5) is 0 Å². The van der Waals surface area contributed by atoms with Crippen LogP contribution in [0.2, 0.25) is 0 Å². The summed E-state index contributed by atoms with van der Waals surface area (Å²) in [5.41, 5.74) is -0.690. The second kappa shape index (κ2) is 12.1. The molecule has 1 atom stereocenters. The molecule has 0 fully saturated rings. The van der Waals surface area contributed by atoms with Gasteiger partial charge in [-0.2, -0.15) is 0 Å². The lowest BCUT2D eigenvalue weighted by atomic mass is 9.98. The van der Waals surface area contributed by atoms with E-state index in [1.54, 1.807) is 0 Å². The molecule has 1 aromatic heterocycles. The predicted molar refractivity (Wildman–Crippen MR) is 112 cm³/mol. The smallest absolute Gasteiger partial charge is 0.191 e. The van der Waals surface area contributed by atoms with Gasteiger partial charge in [0.2, 0.25) is 0 Å². The van der Waals surface area contributed by atoms with Crippen molar-refractivity contribution in [2.45, 2.75) is 52.6 Å². The summed E-state index contributed by atoms with van der Waals surface area (Å²) in [5.74, 6) is 1.33. The molecule has 134 valence electrons. The SMILES string of the molecule is CCNC(=NCC(O)(CC)CC)NCC(C)Cc1cccs1.I. The Balaban J connectivity index is 0.00000484. The summed E-state index contributed by atoms with van der Waals surface area (Å²) in [4.78, 5) is 5.96. The zero-order valence-electron chi connectivity index (χ0n) is 14.8. The van der Waals surface area contributed by atoms with Crippen LogP contribution in [0.15, 0.2) is 22.5 Å². The van der Waals surface area contributed by atoms with Gasteiger partial charge in [-0.05, 0) is 43.6 Å². The van der Waals surface area contributed by atoms with Crippen molar-refractivity contribution in [2.24, 2.45) is 10.9 Å². The molecule has 0 saturated carbocycles. The zero-order chi connectivity index (χ0) is 16.4. The molecule has 0 saturated heterocycles. The highest BCUT2D eigenvalue weighted by Gasteiger charge is 2.21. The van der Waals surface area contributed by atoms with Crippen molar-refractivity contribution in [1.82, 2.24) is 10.6 Å². The topological polar surface area (TPSA) is 56.7 Å². The fourth-order valence-corrected chi connectivity index (χ4v) is 3.03. The van der Waals surface area contributed by atoms with E-state index < -0.39 is 5.60 Å². The molecule has 3 N–H and O–H groups in total. The molecule has 0 aliphatic carbocycles. The van der Waals surface area contributed by atoms with Crippen molar-refractivity contribution in [3.8, 4) is 0 Å². The fraction of sp³-hybridized carbons (Fsp3) is 0.706. The van der Waals surface area contributed by atoms with E-state index in [2.05, 4.69) is 47.0 Å². The number of aliphatic hydroxyl groups is 1. The van der Waals surface area contributed by atoms with Gasteiger partial charge in [-0.25, -0.2) is 0 Å². The molecule has 4 nitrogen and oxygen atoms in total. The van der Waals surface area contributed by atoms with Crippen LogP contribution >= 0.6 is 35.3 Å². The minimum Gasteiger partial charge on any atom is -0.388 e. The lowest BCUT2D eigenvalue weighted by Gasteiger charge is -2.23. The maximum atomic E-state index is 10.3. The van der Waals surface area contributed by atoms with Crippen LogP contribution in [0.3, 0.4) is 0 Å². The van der Waals surface area contributed by atoms with Gasteiger partial charge >= 0.3 is 0 Å². The van der Waals surface area contributed by atoms with Gasteiger partial charge in [0, 0.05) is 18.0 Å². The third-order valence-corrected chi connectivity index (χ3v) is 4.84. The quantitative estimate of drug-likeness (QED) is 0.304. The van der Waals surface area contributed by atoms with Crippen LogP contribution < -0.4 is 10.6 Å². The number of halogens is 1. The molecule has 0 radical (unpaired) electrons. The molecular formula is C17H32IN3OS. The molecule has 1 rings (SSSR count). The van der Waals surface area contributed by atoms with Gasteiger partial charge in [-0.3, -0.25) is 4.99 Å². The molecule has 0 aromatic carbocycles. The van der Waals surface area contributed by atoms with E-state index in [0.717, 1.165) is 38.3 Å². The summed E-state index contributed by atoms with van der Waals surface area (Å²) < 4.78 is 0. The van der Waals surface area contributed by atoms with E-state index >= 15 is 0 Å². The molecule has 1 aromatic rings. The van der Waals surface area contributed by atoms with Gasteiger partial charge < -0.3 is 15.7 Å². The lowest BCUT2D eigenvalue weighted by molar-refractivity contribution is 0.0418. The van der Waals surface area contributed by atoms with Crippen molar-refractivity contribution in [2.75, 3.05) is 19.6 Å². The number of nitrogens with one attached hydrogen (secondary N) is 2. The van der Waals surface area contributed by atoms with Gasteiger partial charge in [0.25, 0.3) is 0 Å². The molecule has 1 heterocycles. The Morgan fingerprint density at radius 1 is 1.30 bits per heavy atom. The molecule has 0 spiro atoms. The van der Waals surface area contributed by atoms with E-state index in [1.807, 2.05) is 25.2 Å². The van der Waals surface area contributed by atoms with Crippen molar-refractivity contribution in [3.05, 3.63) is 22.4 Å². The van der Waals surface area contributed by atoms with Gasteiger partial charge in [-0.1, -0.05) is 26.8 Å². The number of hydrogen-bond donors (Lipinski definition) is 3. The fourth-order valence-electron chi connectivity index (χ4n) is 2.16. The first kappa shape index (κ1) is 22.7. The van der Waals surface area contributed by atoms with E-state index in [4.69, 9.17) is 0 Å². The molecule has 6 heteroatoms. The van der Waals surface area contributed by atoms with Gasteiger partial charge in [0.05, 0.1) is 12.1 Å². The maximum Gasteiger partial charge on any atom is 0.191 e. The molecule has 0 amide bonds. The second-order valence-electron chi connectivity index (χ2n) is 5.90. The average Bonchev–Trinajstić information content (AvgIpc) is 3.02. The minimum atomic E-state index is -0.690. The first-order chi connectivity index (χ1) is 10.5. The van der Waals surface area contributed by atoms with E-state index in [-0.39, 0.29) is 24.0 Å². The monoisotopic (exact) mass is 453 g/mol. The van der Waals surface area contributed by atoms with Crippen LogP contribution in [0.1, 0.15) is 45.4 Å². The van der Waals surface area contributed by atoms with Gasteiger partial charge in [-0.15, -0.1) is 35.3 Å². The van der Waals surface area contributed by atoms with Crippen LogP contribution in [0.5, 0.6) is 0 Å². The summed E-state index contributed by atoms with van der Waals surface area (Å²) >= 11 is 1.81. The number of thiophene rings is 1. The van der Waals surface area contributed by atoms with E-state index in [0.29, 0.717) is 12.5 Å². The summed E-state index contributed by atoms with van der Waals surface area (Å²) in [7, 11) is 0. The largest absolute Gasteiger partial charge is 0.388 e. The van der Waals surface area contributed by atoms with Crippen LogP contribution in [0, 0.1) is 5.92 Å². The Morgan fingerprint density at radius 2 is 2.00 bits per heavy atom. The highest BCUT2D eigenvalue weighted by atomic mass is 127. The lowest BCUT2D eigenvalue weighted by Crippen LogP contribution is -2.41. The highest BCUT2D eigenvalue weighted by Crippen LogP contribution is 2.15. The molecule has 0 aliphatic heterocycles. The molecule has 0 aliphatic rings.